The van der Waals surface area contributed by atoms with E-state index in [0.29, 0.717) is 6.04 Å². The molecule has 0 heterocycles. The zero-order valence-electron chi connectivity index (χ0n) is 11.7. The van der Waals surface area contributed by atoms with Crippen LogP contribution < -0.4 is 11.1 Å². The Bertz CT molecular complexity index is 299. The molecule has 18 heavy (non-hydrogen) atoms. The Labute approximate surface area is 110 Å². The van der Waals surface area contributed by atoms with Gasteiger partial charge in [0.25, 0.3) is 0 Å². The van der Waals surface area contributed by atoms with Crippen LogP contribution >= 0.6 is 0 Å². The molecule has 0 radical (unpaired) electrons. The minimum atomic E-state index is -0.533. The van der Waals surface area contributed by atoms with Crippen LogP contribution in [0, 0.1) is 5.92 Å². The van der Waals surface area contributed by atoms with Crippen molar-refractivity contribution in [3.05, 3.63) is 0 Å². The lowest BCUT2D eigenvalue weighted by Crippen LogP contribution is -2.55. The normalized spacial score (nSPS) is 23.7. The summed E-state index contributed by atoms with van der Waals surface area (Å²) in [6, 6.07) is 0.513. The van der Waals surface area contributed by atoms with Crippen molar-refractivity contribution >= 4 is 5.91 Å². The third-order valence-corrected chi connectivity index (χ3v) is 4.43. The van der Waals surface area contributed by atoms with E-state index in [2.05, 4.69) is 17.3 Å². The molecular formula is C14H27N3O. The third-order valence-electron chi connectivity index (χ3n) is 4.43. The molecule has 2 aliphatic rings. The zero-order valence-corrected chi connectivity index (χ0v) is 11.7. The topological polar surface area (TPSA) is 58.4 Å². The highest BCUT2D eigenvalue weighted by Gasteiger charge is 2.36. The molecule has 2 saturated carbocycles. The first-order chi connectivity index (χ1) is 8.49. The number of primary amides is 1. The van der Waals surface area contributed by atoms with E-state index in [4.69, 9.17) is 5.73 Å². The van der Waals surface area contributed by atoms with Gasteiger partial charge in [-0.1, -0.05) is 6.42 Å². The summed E-state index contributed by atoms with van der Waals surface area (Å²) >= 11 is 0. The number of amides is 1. The molecule has 4 nitrogen and oxygen atoms in total. The van der Waals surface area contributed by atoms with Gasteiger partial charge < -0.3 is 16.0 Å². The monoisotopic (exact) mass is 253 g/mol. The van der Waals surface area contributed by atoms with Crippen molar-refractivity contribution in [1.82, 2.24) is 10.2 Å². The summed E-state index contributed by atoms with van der Waals surface area (Å²) in [4.78, 5) is 14.0. The van der Waals surface area contributed by atoms with E-state index in [1.54, 1.807) is 0 Å². The second kappa shape index (κ2) is 5.57. The standard InChI is InChI=1S/C14H27N3O/c1-14(13(15)18,16-12-6-7-12)8-9-17(2)10-11-4-3-5-11/h11-12,16H,3-10H2,1-2H3,(H2,15,18). The lowest BCUT2D eigenvalue weighted by molar-refractivity contribution is -0.124. The number of hydrogen-bond donors (Lipinski definition) is 2. The van der Waals surface area contributed by atoms with Gasteiger partial charge in [-0.15, -0.1) is 0 Å². The molecule has 2 fully saturated rings. The molecule has 0 aliphatic heterocycles. The summed E-state index contributed by atoms with van der Waals surface area (Å²) < 4.78 is 0. The second-order valence-corrected chi connectivity index (χ2v) is 6.42. The van der Waals surface area contributed by atoms with Crippen LogP contribution in [0.4, 0.5) is 0 Å². The van der Waals surface area contributed by atoms with Crippen molar-refractivity contribution in [3.8, 4) is 0 Å². The average molecular weight is 253 g/mol. The van der Waals surface area contributed by atoms with E-state index in [-0.39, 0.29) is 5.91 Å². The maximum atomic E-state index is 11.6. The van der Waals surface area contributed by atoms with Crippen molar-refractivity contribution in [2.24, 2.45) is 11.7 Å². The van der Waals surface area contributed by atoms with Crippen molar-refractivity contribution < 1.29 is 4.79 Å². The second-order valence-electron chi connectivity index (χ2n) is 6.42. The molecule has 1 atom stereocenters. The van der Waals surface area contributed by atoms with Gasteiger partial charge in [0.15, 0.2) is 0 Å². The summed E-state index contributed by atoms with van der Waals surface area (Å²) in [7, 11) is 2.15. The van der Waals surface area contributed by atoms with Gasteiger partial charge >= 0.3 is 0 Å². The van der Waals surface area contributed by atoms with Crippen LogP contribution in [0.25, 0.3) is 0 Å². The van der Waals surface area contributed by atoms with Crippen LogP contribution in [0.2, 0.25) is 0 Å². The fraction of sp³-hybridized carbons (Fsp3) is 0.929. The molecular weight excluding hydrogens is 226 g/mol. The fourth-order valence-electron chi connectivity index (χ4n) is 2.57. The first-order valence-electron chi connectivity index (χ1n) is 7.26. The van der Waals surface area contributed by atoms with E-state index < -0.39 is 5.54 Å². The Morgan fingerprint density at radius 2 is 2.06 bits per heavy atom. The highest BCUT2D eigenvalue weighted by molar-refractivity contribution is 5.84. The first kappa shape index (κ1) is 13.8. The molecule has 0 aromatic carbocycles. The quantitative estimate of drug-likeness (QED) is 0.681. The average Bonchev–Trinajstić information content (AvgIpc) is 3.04. The Morgan fingerprint density at radius 1 is 1.39 bits per heavy atom. The van der Waals surface area contributed by atoms with Crippen LogP contribution in [0.15, 0.2) is 0 Å². The van der Waals surface area contributed by atoms with E-state index >= 15 is 0 Å². The van der Waals surface area contributed by atoms with Gasteiger partial charge in [0.2, 0.25) is 5.91 Å². The van der Waals surface area contributed by atoms with Crippen molar-refractivity contribution in [3.63, 3.8) is 0 Å². The van der Waals surface area contributed by atoms with Crippen LogP contribution in [0.1, 0.15) is 45.4 Å². The molecule has 1 amide bonds. The fourth-order valence-corrected chi connectivity index (χ4v) is 2.57. The Morgan fingerprint density at radius 3 is 2.50 bits per heavy atom. The van der Waals surface area contributed by atoms with E-state index in [0.717, 1.165) is 25.4 Å². The Kier molecular flexibility index (Phi) is 4.28. The molecule has 0 aromatic heterocycles. The third kappa shape index (κ3) is 3.69. The molecule has 0 aromatic rings. The van der Waals surface area contributed by atoms with E-state index in [1.807, 2.05) is 6.92 Å². The molecule has 2 rings (SSSR count). The van der Waals surface area contributed by atoms with Gasteiger partial charge in [-0.05, 0) is 52.0 Å². The van der Waals surface area contributed by atoms with Crippen LogP contribution in [0.5, 0.6) is 0 Å². The van der Waals surface area contributed by atoms with Crippen molar-refractivity contribution in [2.45, 2.75) is 57.0 Å². The van der Waals surface area contributed by atoms with E-state index in [1.165, 1.54) is 32.1 Å². The summed E-state index contributed by atoms with van der Waals surface area (Å²) in [6.45, 7) is 4.05. The summed E-state index contributed by atoms with van der Waals surface area (Å²) in [5.41, 5.74) is 5.02. The Hall–Kier alpha value is -0.610. The minimum absolute atomic E-state index is 0.216. The summed E-state index contributed by atoms with van der Waals surface area (Å²) in [6.07, 6.45) is 7.31. The number of carbonyl (C=O) groups excluding carboxylic acids is 1. The van der Waals surface area contributed by atoms with Gasteiger partial charge in [-0.2, -0.15) is 0 Å². The molecule has 2 aliphatic carbocycles. The predicted molar refractivity (Wildman–Crippen MR) is 73.2 cm³/mol. The van der Waals surface area contributed by atoms with Crippen molar-refractivity contribution in [1.29, 1.82) is 0 Å². The first-order valence-corrected chi connectivity index (χ1v) is 7.26. The number of nitrogens with two attached hydrogens (primary N) is 1. The van der Waals surface area contributed by atoms with Gasteiger partial charge in [-0.25, -0.2) is 0 Å². The van der Waals surface area contributed by atoms with Gasteiger partial charge in [0, 0.05) is 19.1 Å². The molecule has 104 valence electrons. The SMILES string of the molecule is CN(CCC(C)(NC1CC1)C(N)=O)CC1CCC1. The van der Waals surface area contributed by atoms with Crippen molar-refractivity contribution in [2.75, 3.05) is 20.1 Å². The van der Waals surface area contributed by atoms with E-state index in [9.17, 15) is 4.79 Å². The molecule has 0 bridgehead atoms. The number of nitrogens with zero attached hydrogens (tertiary/aromatic N) is 1. The number of rotatable bonds is 8. The van der Waals surface area contributed by atoms with Crippen LogP contribution in [-0.4, -0.2) is 42.5 Å². The largest absolute Gasteiger partial charge is 0.368 e. The minimum Gasteiger partial charge on any atom is -0.368 e. The lowest BCUT2D eigenvalue weighted by atomic mass is 9.85. The highest BCUT2D eigenvalue weighted by Crippen LogP contribution is 2.27. The van der Waals surface area contributed by atoms with Crippen LogP contribution in [0.3, 0.4) is 0 Å². The highest BCUT2D eigenvalue weighted by atomic mass is 16.1. The summed E-state index contributed by atoms with van der Waals surface area (Å²) in [5.74, 6) is 0.665. The summed E-state index contributed by atoms with van der Waals surface area (Å²) in [5, 5.41) is 3.40. The molecule has 3 N–H and O–H groups in total. The number of nitrogens with one attached hydrogen (secondary N) is 1. The maximum Gasteiger partial charge on any atom is 0.237 e. The Balaban J connectivity index is 1.74. The molecule has 4 heteroatoms. The lowest BCUT2D eigenvalue weighted by Gasteiger charge is -2.33. The molecule has 1 unspecified atom stereocenters. The van der Waals surface area contributed by atoms with Gasteiger partial charge in [0.1, 0.15) is 0 Å². The zero-order chi connectivity index (χ0) is 13.2. The number of carbonyl (C=O) groups is 1. The smallest absolute Gasteiger partial charge is 0.237 e. The predicted octanol–water partition coefficient (Wildman–Crippen LogP) is 1.10. The van der Waals surface area contributed by atoms with Crippen LogP contribution in [-0.2, 0) is 4.79 Å². The maximum absolute atomic E-state index is 11.6. The molecule has 0 saturated heterocycles. The molecule has 0 spiro atoms. The van der Waals surface area contributed by atoms with Gasteiger partial charge in [0.05, 0.1) is 5.54 Å². The van der Waals surface area contributed by atoms with Gasteiger partial charge in [-0.3, -0.25) is 4.79 Å². The number of hydrogen-bond acceptors (Lipinski definition) is 3.